The standard InChI is InChI=1S/C10H13N7O3/c1-5(18)13-9(11)14-17-4-12-7-6(17)8(19)16(3)10(20)15(7)2/h4H,1-3H3,(H3,11,13,14,18). The van der Waals surface area contributed by atoms with Crippen LogP contribution in [0.2, 0.25) is 0 Å². The Bertz CT molecular complexity index is 839. The molecule has 0 fully saturated rings. The number of carbonyl (C=O) groups is 1. The van der Waals surface area contributed by atoms with Gasteiger partial charge in [-0.3, -0.25) is 24.0 Å². The van der Waals surface area contributed by atoms with Crippen molar-refractivity contribution in [1.29, 1.82) is 0 Å². The summed E-state index contributed by atoms with van der Waals surface area (Å²) < 4.78 is 3.27. The minimum absolute atomic E-state index is 0.0860. The number of nitrogens with two attached hydrogens (primary N) is 1. The van der Waals surface area contributed by atoms with Gasteiger partial charge in [0.15, 0.2) is 11.2 Å². The molecular formula is C10H13N7O3. The van der Waals surface area contributed by atoms with E-state index < -0.39 is 17.2 Å². The molecule has 2 aromatic heterocycles. The molecule has 0 aliphatic rings. The number of rotatable bonds is 1. The van der Waals surface area contributed by atoms with Crippen LogP contribution in [-0.4, -0.2) is 30.7 Å². The molecule has 1 amide bonds. The Labute approximate surface area is 112 Å². The summed E-state index contributed by atoms with van der Waals surface area (Å²) in [6, 6.07) is 0. The van der Waals surface area contributed by atoms with Crippen LogP contribution in [0.1, 0.15) is 6.92 Å². The van der Waals surface area contributed by atoms with Gasteiger partial charge < -0.3 is 5.73 Å². The van der Waals surface area contributed by atoms with Crippen LogP contribution in [-0.2, 0) is 18.9 Å². The molecule has 10 heteroatoms. The van der Waals surface area contributed by atoms with Crippen LogP contribution >= 0.6 is 0 Å². The molecular weight excluding hydrogens is 266 g/mol. The second-order valence-electron chi connectivity index (χ2n) is 4.13. The van der Waals surface area contributed by atoms with Crippen molar-refractivity contribution in [2.75, 3.05) is 0 Å². The number of hydrogen-bond acceptors (Lipinski definition) is 5. The summed E-state index contributed by atoms with van der Waals surface area (Å²) in [5.41, 5.74) is 4.72. The van der Waals surface area contributed by atoms with E-state index in [0.29, 0.717) is 0 Å². The predicted octanol–water partition coefficient (Wildman–Crippen LogP) is -2.35. The summed E-state index contributed by atoms with van der Waals surface area (Å²) in [6.45, 7) is 1.27. The van der Waals surface area contributed by atoms with E-state index in [1.807, 2.05) is 0 Å². The fourth-order valence-electron chi connectivity index (χ4n) is 1.73. The molecule has 0 atom stereocenters. The van der Waals surface area contributed by atoms with Crippen molar-refractivity contribution in [3.63, 3.8) is 0 Å². The number of amides is 1. The van der Waals surface area contributed by atoms with Gasteiger partial charge in [-0.15, -0.1) is 5.10 Å². The Morgan fingerprint density at radius 1 is 1.35 bits per heavy atom. The number of aromatic nitrogens is 4. The zero-order chi connectivity index (χ0) is 15.0. The molecule has 0 saturated heterocycles. The Hall–Kier alpha value is -2.91. The molecule has 0 aliphatic heterocycles. The lowest BCUT2D eigenvalue weighted by Gasteiger charge is -2.04. The summed E-state index contributed by atoms with van der Waals surface area (Å²) in [5, 5.41) is 6.12. The smallest absolute Gasteiger partial charge is 0.332 e. The quantitative estimate of drug-likeness (QED) is 0.446. The molecule has 3 N–H and O–H groups in total. The third kappa shape index (κ3) is 2.06. The van der Waals surface area contributed by atoms with Gasteiger partial charge in [0, 0.05) is 21.0 Å². The van der Waals surface area contributed by atoms with Crippen LogP contribution in [0.15, 0.2) is 21.0 Å². The van der Waals surface area contributed by atoms with E-state index in [0.717, 1.165) is 9.24 Å². The molecule has 0 bridgehead atoms. The normalized spacial score (nSPS) is 11.8. The largest absolute Gasteiger partial charge is 0.368 e. The zero-order valence-electron chi connectivity index (χ0n) is 11.1. The number of fused-ring (bicyclic) bond motifs is 1. The molecule has 106 valence electrons. The second kappa shape index (κ2) is 4.64. The van der Waals surface area contributed by atoms with Gasteiger partial charge >= 0.3 is 5.69 Å². The second-order valence-corrected chi connectivity index (χ2v) is 4.13. The third-order valence-electron chi connectivity index (χ3n) is 2.65. The van der Waals surface area contributed by atoms with Gasteiger partial charge in [0.25, 0.3) is 5.56 Å². The van der Waals surface area contributed by atoms with Crippen LogP contribution in [0.3, 0.4) is 0 Å². The molecule has 0 spiro atoms. The predicted molar refractivity (Wildman–Crippen MR) is 71.1 cm³/mol. The summed E-state index contributed by atoms with van der Waals surface area (Å²) >= 11 is 0. The van der Waals surface area contributed by atoms with E-state index in [-0.39, 0.29) is 17.1 Å². The van der Waals surface area contributed by atoms with Gasteiger partial charge in [-0.25, -0.2) is 14.5 Å². The molecule has 2 aromatic rings. The number of nitrogens with one attached hydrogen (secondary N) is 1. The Balaban J connectivity index is 2.73. The SMILES string of the molecule is CC(=O)NC(N)=Nn1cnc2c1c(=O)n(C)c(=O)n2C. The summed E-state index contributed by atoms with van der Waals surface area (Å²) in [5.74, 6) is -0.580. The average molecular weight is 279 g/mol. The van der Waals surface area contributed by atoms with Crippen LogP contribution in [0, 0.1) is 0 Å². The summed E-state index contributed by atoms with van der Waals surface area (Å²) in [7, 11) is 2.84. The lowest BCUT2D eigenvalue weighted by Crippen LogP contribution is -2.38. The molecule has 0 saturated carbocycles. The van der Waals surface area contributed by atoms with Crippen molar-refractivity contribution < 1.29 is 4.79 Å². The van der Waals surface area contributed by atoms with E-state index in [4.69, 9.17) is 5.73 Å². The highest BCUT2D eigenvalue weighted by Gasteiger charge is 2.14. The van der Waals surface area contributed by atoms with Crippen molar-refractivity contribution in [3.8, 4) is 0 Å². The fraction of sp³-hybridized carbons (Fsp3) is 0.300. The van der Waals surface area contributed by atoms with Gasteiger partial charge in [0.1, 0.15) is 6.33 Å². The summed E-state index contributed by atoms with van der Waals surface area (Å²) in [6.07, 6.45) is 1.24. The number of hydrogen-bond donors (Lipinski definition) is 2. The Morgan fingerprint density at radius 3 is 2.60 bits per heavy atom. The maximum Gasteiger partial charge on any atom is 0.332 e. The number of guanidine groups is 1. The first-order chi connectivity index (χ1) is 9.32. The lowest BCUT2D eigenvalue weighted by atomic mass is 10.5. The number of imidazole rings is 1. The van der Waals surface area contributed by atoms with Crippen LogP contribution in [0.5, 0.6) is 0 Å². The number of nitrogens with zero attached hydrogens (tertiary/aromatic N) is 5. The first-order valence-electron chi connectivity index (χ1n) is 5.58. The minimum Gasteiger partial charge on any atom is -0.368 e. The highest BCUT2D eigenvalue weighted by Crippen LogP contribution is 2.04. The first-order valence-corrected chi connectivity index (χ1v) is 5.58. The Morgan fingerprint density at radius 2 is 2.00 bits per heavy atom. The van der Waals surface area contributed by atoms with Crippen molar-refractivity contribution in [2.45, 2.75) is 6.92 Å². The zero-order valence-corrected chi connectivity index (χ0v) is 11.1. The third-order valence-corrected chi connectivity index (χ3v) is 2.65. The average Bonchev–Trinajstić information content (AvgIpc) is 2.76. The molecule has 20 heavy (non-hydrogen) atoms. The molecule has 2 heterocycles. The van der Waals surface area contributed by atoms with Gasteiger partial charge in [-0.05, 0) is 0 Å². The summed E-state index contributed by atoms with van der Waals surface area (Å²) in [4.78, 5) is 38.6. The topological polar surface area (TPSA) is 129 Å². The van der Waals surface area contributed by atoms with Crippen LogP contribution in [0.4, 0.5) is 0 Å². The molecule has 2 rings (SSSR count). The van der Waals surface area contributed by atoms with Crippen molar-refractivity contribution in [3.05, 3.63) is 27.2 Å². The molecule has 0 radical (unpaired) electrons. The van der Waals surface area contributed by atoms with Crippen molar-refractivity contribution in [2.24, 2.45) is 24.9 Å². The van der Waals surface area contributed by atoms with Crippen molar-refractivity contribution >= 4 is 23.0 Å². The van der Waals surface area contributed by atoms with Crippen molar-refractivity contribution in [1.82, 2.24) is 24.1 Å². The van der Waals surface area contributed by atoms with Gasteiger partial charge in [0.2, 0.25) is 11.9 Å². The molecule has 0 unspecified atom stereocenters. The van der Waals surface area contributed by atoms with Crippen LogP contribution < -0.4 is 22.3 Å². The Kier molecular flexibility index (Phi) is 3.14. The van der Waals surface area contributed by atoms with E-state index >= 15 is 0 Å². The minimum atomic E-state index is -0.556. The van der Waals surface area contributed by atoms with Gasteiger partial charge in [-0.2, -0.15) is 0 Å². The fourth-order valence-corrected chi connectivity index (χ4v) is 1.73. The maximum atomic E-state index is 12.1. The number of aryl methyl sites for hydroxylation is 1. The molecule has 0 aromatic carbocycles. The van der Waals surface area contributed by atoms with Crippen LogP contribution in [0.25, 0.3) is 11.2 Å². The van der Waals surface area contributed by atoms with E-state index in [1.54, 1.807) is 0 Å². The highest BCUT2D eigenvalue weighted by molar-refractivity contribution is 5.95. The van der Waals surface area contributed by atoms with E-state index in [2.05, 4.69) is 15.4 Å². The van der Waals surface area contributed by atoms with Gasteiger partial charge in [-0.1, -0.05) is 0 Å². The van der Waals surface area contributed by atoms with E-state index in [9.17, 15) is 14.4 Å². The molecule has 10 nitrogen and oxygen atoms in total. The lowest BCUT2D eigenvalue weighted by molar-refractivity contribution is -0.117. The van der Waals surface area contributed by atoms with E-state index in [1.165, 1.54) is 31.9 Å². The highest BCUT2D eigenvalue weighted by atomic mass is 16.2. The van der Waals surface area contributed by atoms with Gasteiger partial charge in [0.05, 0.1) is 0 Å². The monoisotopic (exact) mass is 279 g/mol. The maximum absolute atomic E-state index is 12.1. The molecule has 0 aliphatic carbocycles. The number of carbonyl (C=O) groups excluding carboxylic acids is 1. The first kappa shape index (κ1) is 13.5.